The van der Waals surface area contributed by atoms with Crippen LogP contribution in [0.5, 0.6) is 0 Å². The maximum absolute atomic E-state index is 10.4. The number of carbonyl (C=O) groups is 1. The molecule has 0 aromatic heterocycles. The number of carboxylic acid groups (broad SMARTS) is 1. The number of carboxylic acids is 1. The first-order valence-corrected chi connectivity index (χ1v) is 7.78. The van der Waals surface area contributed by atoms with Crippen molar-refractivity contribution < 1.29 is 14.6 Å². The van der Waals surface area contributed by atoms with Gasteiger partial charge in [-0.25, -0.2) is 0 Å². The topological polar surface area (TPSA) is 53.0 Å². The van der Waals surface area contributed by atoms with Crippen molar-refractivity contribution >= 4 is 5.97 Å². The van der Waals surface area contributed by atoms with Gasteiger partial charge in [0.25, 0.3) is 0 Å². The molecule has 1 fully saturated rings. The number of rotatable bonds is 11. The minimum atomic E-state index is -0.683. The largest absolute Gasteiger partial charge is 0.481 e. The fourth-order valence-corrected chi connectivity index (χ4v) is 2.56. The zero-order valence-corrected chi connectivity index (χ0v) is 13.0. The molecule has 0 spiro atoms. The second kappa shape index (κ2) is 10.1. The molecule has 1 heterocycles. The third-order valence-corrected chi connectivity index (χ3v) is 3.70. The van der Waals surface area contributed by atoms with Crippen LogP contribution < -0.4 is 0 Å². The van der Waals surface area contributed by atoms with Gasteiger partial charge in [0.15, 0.2) is 0 Å². The fraction of sp³-hybridized carbons (Fsp3) is 0.933. The molecule has 0 amide bonds. The van der Waals surface area contributed by atoms with E-state index in [-0.39, 0.29) is 0 Å². The van der Waals surface area contributed by atoms with E-state index in [1.54, 1.807) is 0 Å². The average molecular weight is 286 g/mol. The zero-order valence-electron chi connectivity index (χ0n) is 13.0. The summed E-state index contributed by atoms with van der Waals surface area (Å²) in [5.74, 6) is -0.683. The Morgan fingerprint density at radius 3 is 2.80 bits per heavy atom. The molecule has 1 aliphatic rings. The van der Waals surface area contributed by atoms with Gasteiger partial charge in [-0.05, 0) is 52.9 Å². The van der Waals surface area contributed by atoms with Crippen LogP contribution in [0.25, 0.3) is 0 Å². The first kappa shape index (κ1) is 17.4. The van der Waals surface area contributed by atoms with Gasteiger partial charge in [0.05, 0.1) is 6.10 Å². The molecule has 1 saturated heterocycles. The predicted molar refractivity (Wildman–Crippen MR) is 80.1 cm³/mol. The van der Waals surface area contributed by atoms with Gasteiger partial charge < -0.3 is 19.6 Å². The van der Waals surface area contributed by atoms with Crippen molar-refractivity contribution in [2.75, 3.05) is 46.9 Å². The molecule has 1 rings (SSSR count). The molecule has 0 radical (unpaired) electrons. The third kappa shape index (κ3) is 8.51. The van der Waals surface area contributed by atoms with E-state index in [0.29, 0.717) is 12.5 Å². The summed E-state index contributed by atoms with van der Waals surface area (Å²) in [6.45, 7) is 5.19. The summed E-state index contributed by atoms with van der Waals surface area (Å²) in [6, 6.07) is 0. The Bertz CT molecular complexity index is 272. The van der Waals surface area contributed by atoms with Crippen LogP contribution in [-0.2, 0) is 9.53 Å². The van der Waals surface area contributed by atoms with E-state index in [0.717, 1.165) is 64.9 Å². The van der Waals surface area contributed by atoms with Gasteiger partial charge in [-0.3, -0.25) is 4.79 Å². The smallest absolute Gasteiger partial charge is 0.303 e. The van der Waals surface area contributed by atoms with Crippen LogP contribution in [0.2, 0.25) is 0 Å². The van der Waals surface area contributed by atoms with Crippen LogP contribution >= 0.6 is 0 Å². The average Bonchev–Trinajstić information content (AvgIpc) is 2.81. The van der Waals surface area contributed by atoms with Crippen molar-refractivity contribution in [3.05, 3.63) is 0 Å². The SMILES string of the molecule is CN(C)CCCOC1CCN(CCCCCC(=O)O)C1. The van der Waals surface area contributed by atoms with Gasteiger partial charge in [-0.15, -0.1) is 0 Å². The quantitative estimate of drug-likeness (QED) is 0.586. The molecule has 0 bridgehead atoms. The Morgan fingerprint density at radius 2 is 2.10 bits per heavy atom. The molecule has 5 heteroatoms. The minimum absolute atomic E-state index is 0.303. The molecular weight excluding hydrogens is 256 g/mol. The molecule has 1 N–H and O–H groups in total. The van der Waals surface area contributed by atoms with E-state index >= 15 is 0 Å². The summed E-state index contributed by atoms with van der Waals surface area (Å²) in [5, 5.41) is 8.57. The highest BCUT2D eigenvalue weighted by Crippen LogP contribution is 2.14. The number of nitrogens with zero attached hydrogens (tertiary/aromatic N) is 2. The highest BCUT2D eigenvalue weighted by molar-refractivity contribution is 5.66. The van der Waals surface area contributed by atoms with Crippen molar-refractivity contribution in [3.8, 4) is 0 Å². The van der Waals surface area contributed by atoms with E-state index in [1.807, 2.05) is 0 Å². The first-order valence-electron chi connectivity index (χ1n) is 7.78. The second-order valence-electron chi connectivity index (χ2n) is 5.94. The Kier molecular flexibility index (Phi) is 8.82. The van der Waals surface area contributed by atoms with Gasteiger partial charge >= 0.3 is 5.97 Å². The van der Waals surface area contributed by atoms with Crippen LogP contribution in [-0.4, -0.2) is 73.9 Å². The van der Waals surface area contributed by atoms with E-state index in [9.17, 15) is 4.79 Å². The molecule has 0 aromatic carbocycles. The number of ether oxygens (including phenoxy) is 1. The van der Waals surface area contributed by atoms with Gasteiger partial charge in [0, 0.05) is 26.1 Å². The van der Waals surface area contributed by atoms with Crippen LogP contribution in [0.4, 0.5) is 0 Å². The lowest BCUT2D eigenvalue weighted by Crippen LogP contribution is -2.25. The second-order valence-corrected chi connectivity index (χ2v) is 5.94. The fourth-order valence-electron chi connectivity index (χ4n) is 2.56. The molecular formula is C15H30N2O3. The van der Waals surface area contributed by atoms with E-state index < -0.39 is 5.97 Å². The highest BCUT2D eigenvalue weighted by atomic mass is 16.5. The molecule has 0 saturated carbocycles. The first-order chi connectivity index (χ1) is 9.58. The van der Waals surface area contributed by atoms with Gasteiger partial charge in [-0.2, -0.15) is 0 Å². The van der Waals surface area contributed by atoms with Gasteiger partial charge in [0.2, 0.25) is 0 Å². The summed E-state index contributed by atoms with van der Waals surface area (Å²) in [4.78, 5) is 15.0. The Morgan fingerprint density at radius 1 is 1.30 bits per heavy atom. The normalized spacial score (nSPS) is 19.9. The number of aliphatic carboxylic acids is 1. The van der Waals surface area contributed by atoms with E-state index in [2.05, 4.69) is 23.9 Å². The molecule has 1 atom stereocenters. The number of likely N-dealkylation sites (tertiary alicyclic amines) is 1. The Hall–Kier alpha value is -0.650. The molecule has 118 valence electrons. The van der Waals surface area contributed by atoms with Crippen molar-refractivity contribution in [1.82, 2.24) is 9.80 Å². The maximum Gasteiger partial charge on any atom is 0.303 e. The van der Waals surface area contributed by atoms with Crippen molar-refractivity contribution in [2.24, 2.45) is 0 Å². The van der Waals surface area contributed by atoms with Crippen molar-refractivity contribution in [3.63, 3.8) is 0 Å². The molecule has 0 aromatic rings. The molecule has 1 aliphatic heterocycles. The summed E-state index contributed by atoms with van der Waals surface area (Å²) < 4.78 is 5.90. The van der Waals surface area contributed by atoms with Crippen LogP contribution in [0.3, 0.4) is 0 Å². The summed E-state index contributed by atoms with van der Waals surface area (Å²) in [7, 11) is 4.17. The number of hydrogen-bond acceptors (Lipinski definition) is 4. The van der Waals surface area contributed by atoms with Gasteiger partial charge in [0.1, 0.15) is 0 Å². The summed E-state index contributed by atoms with van der Waals surface area (Å²) >= 11 is 0. The van der Waals surface area contributed by atoms with Crippen LogP contribution in [0, 0.1) is 0 Å². The van der Waals surface area contributed by atoms with Crippen LogP contribution in [0.1, 0.15) is 38.5 Å². The molecule has 1 unspecified atom stereocenters. The molecule has 0 aliphatic carbocycles. The van der Waals surface area contributed by atoms with Crippen molar-refractivity contribution in [2.45, 2.75) is 44.6 Å². The van der Waals surface area contributed by atoms with E-state index in [4.69, 9.17) is 9.84 Å². The Balaban J connectivity index is 1.95. The minimum Gasteiger partial charge on any atom is -0.481 e. The highest BCUT2D eigenvalue weighted by Gasteiger charge is 2.22. The standard InChI is InChI=1S/C15H30N2O3/c1-16(2)9-6-12-20-14-8-11-17(13-14)10-5-3-4-7-15(18)19/h14H,3-13H2,1-2H3,(H,18,19). The molecule has 5 nitrogen and oxygen atoms in total. The lowest BCUT2D eigenvalue weighted by molar-refractivity contribution is -0.137. The number of unbranched alkanes of at least 4 members (excludes halogenated alkanes) is 2. The third-order valence-electron chi connectivity index (χ3n) is 3.70. The zero-order chi connectivity index (χ0) is 14.8. The van der Waals surface area contributed by atoms with E-state index in [1.165, 1.54) is 0 Å². The van der Waals surface area contributed by atoms with Crippen molar-refractivity contribution in [1.29, 1.82) is 0 Å². The van der Waals surface area contributed by atoms with Crippen LogP contribution in [0.15, 0.2) is 0 Å². The maximum atomic E-state index is 10.4. The molecule has 20 heavy (non-hydrogen) atoms. The van der Waals surface area contributed by atoms with Gasteiger partial charge in [-0.1, -0.05) is 6.42 Å². The Labute approximate surface area is 122 Å². The number of hydrogen-bond donors (Lipinski definition) is 1. The predicted octanol–water partition coefficient (Wildman–Crippen LogP) is 1.67. The summed E-state index contributed by atoms with van der Waals surface area (Å²) in [5.41, 5.74) is 0. The monoisotopic (exact) mass is 286 g/mol. The lowest BCUT2D eigenvalue weighted by Gasteiger charge is -2.16. The lowest BCUT2D eigenvalue weighted by atomic mass is 10.2. The summed E-state index contributed by atoms with van der Waals surface area (Å²) in [6.07, 6.45) is 5.84.